The Hall–Kier alpha value is -3.03. The molecule has 0 aliphatic rings. The number of hydrogen-bond donors (Lipinski definition) is 2. The van der Waals surface area contributed by atoms with Gasteiger partial charge in [0, 0.05) is 22.8 Å². The maximum Gasteiger partial charge on any atom is 0.261 e. The van der Waals surface area contributed by atoms with Crippen molar-refractivity contribution >= 4 is 33.2 Å². The molecule has 31 heavy (non-hydrogen) atoms. The van der Waals surface area contributed by atoms with E-state index in [0.29, 0.717) is 41.6 Å². The van der Waals surface area contributed by atoms with E-state index in [-0.39, 0.29) is 10.8 Å². The Balaban J connectivity index is 1.62. The molecular weight excluding hydrogens is 436 g/mol. The summed E-state index contributed by atoms with van der Waals surface area (Å²) in [5, 5.41) is 3.50. The topological polar surface area (TPSA) is 84.5 Å². The molecule has 6 nitrogen and oxygen atoms in total. The predicted molar refractivity (Wildman–Crippen MR) is 122 cm³/mol. The van der Waals surface area contributed by atoms with E-state index in [1.54, 1.807) is 42.5 Å². The van der Waals surface area contributed by atoms with Crippen LogP contribution in [0.15, 0.2) is 77.7 Å². The number of hydrogen-bond acceptors (Lipinski definition) is 4. The molecule has 0 aliphatic heterocycles. The SMILES string of the molecule is CCOc1ccc(S(=O)(=O)Nc2cccc(C(=O)NCCc3ccc(Cl)cc3)c2)cc1. The number of halogens is 1. The quantitative estimate of drug-likeness (QED) is 0.494. The number of anilines is 1. The van der Waals surface area contributed by atoms with Gasteiger partial charge in [-0.2, -0.15) is 0 Å². The molecule has 3 aromatic rings. The molecule has 0 aromatic heterocycles. The van der Waals surface area contributed by atoms with Crippen LogP contribution in [0.1, 0.15) is 22.8 Å². The zero-order chi connectivity index (χ0) is 22.3. The molecular formula is C23H23ClN2O4S. The van der Waals surface area contributed by atoms with Crippen molar-refractivity contribution in [3.05, 3.63) is 88.9 Å². The number of benzene rings is 3. The zero-order valence-corrected chi connectivity index (χ0v) is 18.5. The van der Waals surface area contributed by atoms with Crippen LogP contribution in [0.5, 0.6) is 5.75 Å². The van der Waals surface area contributed by atoms with Crippen LogP contribution in [0, 0.1) is 0 Å². The summed E-state index contributed by atoms with van der Waals surface area (Å²) in [5.41, 5.74) is 1.73. The standard InChI is InChI=1S/C23H23ClN2O4S/c1-2-30-21-10-12-22(13-11-21)31(28,29)26-20-5-3-4-18(16-20)23(27)25-15-14-17-6-8-19(24)9-7-17/h3-13,16,26H,2,14-15H2,1H3,(H,25,27). The average Bonchev–Trinajstić information content (AvgIpc) is 2.75. The summed E-state index contributed by atoms with van der Waals surface area (Å²) in [4.78, 5) is 12.6. The lowest BCUT2D eigenvalue weighted by Gasteiger charge is -2.11. The van der Waals surface area contributed by atoms with Gasteiger partial charge in [0.2, 0.25) is 0 Å². The summed E-state index contributed by atoms with van der Waals surface area (Å²) in [6.07, 6.45) is 0.660. The maximum absolute atomic E-state index is 12.6. The Bertz CT molecular complexity index is 1130. The second kappa shape index (κ2) is 10.3. The minimum Gasteiger partial charge on any atom is -0.494 e. The average molecular weight is 459 g/mol. The minimum atomic E-state index is -3.79. The van der Waals surface area contributed by atoms with Gasteiger partial charge in [-0.15, -0.1) is 0 Å². The Morgan fingerprint density at radius 2 is 1.71 bits per heavy atom. The number of carbonyl (C=O) groups is 1. The van der Waals surface area contributed by atoms with E-state index in [0.717, 1.165) is 5.56 Å². The Morgan fingerprint density at radius 3 is 2.39 bits per heavy atom. The van der Waals surface area contributed by atoms with Gasteiger partial charge >= 0.3 is 0 Å². The lowest BCUT2D eigenvalue weighted by Crippen LogP contribution is -2.25. The monoisotopic (exact) mass is 458 g/mol. The second-order valence-electron chi connectivity index (χ2n) is 6.72. The zero-order valence-electron chi connectivity index (χ0n) is 17.0. The lowest BCUT2D eigenvalue weighted by atomic mass is 10.1. The van der Waals surface area contributed by atoms with Gasteiger partial charge < -0.3 is 10.1 Å². The molecule has 1 amide bonds. The third-order valence-corrected chi connectivity index (χ3v) is 6.08. The first-order valence-electron chi connectivity index (χ1n) is 9.76. The molecule has 0 aliphatic carbocycles. The van der Waals surface area contributed by atoms with Crippen LogP contribution < -0.4 is 14.8 Å². The molecule has 0 spiro atoms. The molecule has 3 aromatic carbocycles. The number of carbonyl (C=O) groups excluding carboxylic acids is 1. The van der Waals surface area contributed by atoms with Gasteiger partial charge in [0.05, 0.1) is 11.5 Å². The third-order valence-electron chi connectivity index (χ3n) is 4.43. The highest BCUT2D eigenvalue weighted by atomic mass is 35.5. The smallest absolute Gasteiger partial charge is 0.261 e. The molecule has 0 radical (unpaired) electrons. The van der Waals surface area contributed by atoms with Crippen LogP contribution in [0.2, 0.25) is 5.02 Å². The highest BCUT2D eigenvalue weighted by molar-refractivity contribution is 7.92. The largest absolute Gasteiger partial charge is 0.494 e. The number of ether oxygens (including phenoxy) is 1. The van der Waals surface area contributed by atoms with E-state index in [9.17, 15) is 13.2 Å². The van der Waals surface area contributed by atoms with Crippen LogP contribution in [-0.4, -0.2) is 27.5 Å². The molecule has 0 fully saturated rings. The van der Waals surface area contributed by atoms with Crippen molar-refractivity contribution in [1.29, 1.82) is 0 Å². The molecule has 0 bridgehead atoms. The van der Waals surface area contributed by atoms with Gasteiger partial charge in [-0.3, -0.25) is 9.52 Å². The van der Waals surface area contributed by atoms with Gasteiger partial charge in [0.1, 0.15) is 5.75 Å². The van der Waals surface area contributed by atoms with Gasteiger partial charge in [-0.05, 0) is 73.5 Å². The van der Waals surface area contributed by atoms with Crippen molar-refractivity contribution in [2.24, 2.45) is 0 Å². The maximum atomic E-state index is 12.6. The van der Waals surface area contributed by atoms with E-state index in [2.05, 4.69) is 10.0 Å². The summed E-state index contributed by atoms with van der Waals surface area (Å²) >= 11 is 5.87. The molecule has 0 atom stereocenters. The van der Waals surface area contributed by atoms with E-state index in [1.165, 1.54) is 18.2 Å². The molecule has 0 unspecified atom stereocenters. The fourth-order valence-electron chi connectivity index (χ4n) is 2.89. The molecule has 3 rings (SSSR count). The fraction of sp³-hybridized carbons (Fsp3) is 0.174. The van der Waals surface area contributed by atoms with Crippen LogP contribution in [0.25, 0.3) is 0 Å². The number of sulfonamides is 1. The summed E-state index contributed by atoms with van der Waals surface area (Å²) in [5.74, 6) is 0.315. The summed E-state index contributed by atoms with van der Waals surface area (Å²) in [6, 6.07) is 19.9. The van der Waals surface area contributed by atoms with E-state index in [4.69, 9.17) is 16.3 Å². The van der Waals surface area contributed by atoms with E-state index < -0.39 is 10.0 Å². The van der Waals surface area contributed by atoms with Crippen molar-refractivity contribution in [2.45, 2.75) is 18.2 Å². The Kier molecular flexibility index (Phi) is 7.55. The first kappa shape index (κ1) is 22.7. The first-order chi connectivity index (χ1) is 14.9. The predicted octanol–water partition coefficient (Wildman–Crippen LogP) is 4.51. The van der Waals surface area contributed by atoms with E-state index in [1.807, 2.05) is 19.1 Å². The molecule has 162 valence electrons. The van der Waals surface area contributed by atoms with Crippen molar-refractivity contribution in [3.8, 4) is 5.75 Å². The van der Waals surface area contributed by atoms with Crippen molar-refractivity contribution < 1.29 is 17.9 Å². The van der Waals surface area contributed by atoms with Crippen LogP contribution in [0.3, 0.4) is 0 Å². The number of nitrogens with one attached hydrogen (secondary N) is 2. The molecule has 0 heterocycles. The Morgan fingerprint density at radius 1 is 1.00 bits per heavy atom. The van der Waals surface area contributed by atoms with Crippen molar-refractivity contribution in [3.63, 3.8) is 0 Å². The first-order valence-corrected chi connectivity index (χ1v) is 11.6. The van der Waals surface area contributed by atoms with Crippen molar-refractivity contribution in [1.82, 2.24) is 5.32 Å². The van der Waals surface area contributed by atoms with Gasteiger partial charge in [0.25, 0.3) is 15.9 Å². The lowest BCUT2D eigenvalue weighted by molar-refractivity contribution is 0.0954. The molecule has 2 N–H and O–H groups in total. The van der Waals surface area contributed by atoms with Crippen molar-refractivity contribution in [2.75, 3.05) is 17.9 Å². The van der Waals surface area contributed by atoms with Crippen LogP contribution in [-0.2, 0) is 16.4 Å². The minimum absolute atomic E-state index is 0.105. The third kappa shape index (κ3) is 6.47. The van der Waals surface area contributed by atoms with Gasteiger partial charge in [-0.1, -0.05) is 29.8 Å². The Labute approximate surface area is 187 Å². The van der Waals surface area contributed by atoms with Crippen LogP contribution in [0.4, 0.5) is 5.69 Å². The van der Waals surface area contributed by atoms with Crippen LogP contribution >= 0.6 is 11.6 Å². The highest BCUT2D eigenvalue weighted by Gasteiger charge is 2.15. The molecule has 0 saturated carbocycles. The van der Waals surface area contributed by atoms with Gasteiger partial charge in [-0.25, -0.2) is 8.42 Å². The summed E-state index contributed by atoms with van der Waals surface area (Å²) in [7, 11) is -3.79. The van der Waals surface area contributed by atoms with E-state index >= 15 is 0 Å². The normalized spacial score (nSPS) is 11.0. The second-order valence-corrected chi connectivity index (χ2v) is 8.84. The summed E-state index contributed by atoms with van der Waals surface area (Å²) in [6.45, 7) is 2.80. The number of amides is 1. The highest BCUT2D eigenvalue weighted by Crippen LogP contribution is 2.20. The van der Waals surface area contributed by atoms with Gasteiger partial charge in [0.15, 0.2) is 0 Å². The summed E-state index contributed by atoms with van der Waals surface area (Å²) < 4.78 is 33.1. The molecule has 0 saturated heterocycles. The fourth-order valence-corrected chi connectivity index (χ4v) is 4.07. The number of rotatable bonds is 9. The molecule has 8 heteroatoms.